The fraction of sp³-hybridized carbons (Fsp3) is 0.444. The van der Waals surface area contributed by atoms with Gasteiger partial charge in [-0.3, -0.25) is 9.78 Å². The number of pyridine rings is 1. The molecular formula is C18H24N4O. The molecule has 0 aromatic carbocycles. The Balaban J connectivity index is 2.17. The van der Waals surface area contributed by atoms with Crippen molar-refractivity contribution in [3.05, 3.63) is 53.9 Å². The smallest absolute Gasteiger partial charge is 0.255 e. The van der Waals surface area contributed by atoms with E-state index < -0.39 is 0 Å². The molecule has 23 heavy (non-hydrogen) atoms. The molecule has 122 valence electrons. The Morgan fingerprint density at radius 1 is 1.22 bits per heavy atom. The number of nitrogens with one attached hydrogen (secondary N) is 1. The van der Waals surface area contributed by atoms with Crippen molar-refractivity contribution in [2.45, 2.75) is 52.0 Å². The lowest BCUT2D eigenvalue weighted by Gasteiger charge is -2.19. The lowest BCUT2D eigenvalue weighted by Crippen LogP contribution is -2.30. The Bertz CT molecular complexity index is 615. The third kappa shape index (κ3) is 4.84. The Morgan fingerprint density at radius 2 is 2.09 bits per heavy atom. The monoisotopic (exact) mass is 312 g/mol. The number of aryl methyl sites for hydroxylation is 1. The maximum Gasteiger partial charge on any atom is 0.255 e. The third-order valence-corrected chi connectivity index (χ3v) is 3.76. The predicted molar refractivity (Wildman–Crippen MR) is 90.0 cm³/mol. The summed E-state index contributed by atoms with van der Waals surface area (Å²) in [6.45, 7) is 4.22. The van der Waals surface area contributed by atoms with E-state index in [4.69, 9.17) is 0 Å². The average molecular weight is 312 g/mol. The van der Waals surface area contributed by atoms with Crippen LogP contribution in [-0.4, -0.2) is 20.9 Å². The molecule has 5 nitrogen and oxygen atoms in total. The van der Waals surface area contributed by atoms with Crippen LogP contribution in [0.3, 0.4) is 0 Å². The van der Waals surface area contributed by atoms with Crippen LogP contribution in [0.1, 0.15) is 67.2 Å². The van der Waals surface area contributed by atoms with Crippen LogP contribution in [0.25, 0.3) is 0 Å². The number of aromatic nitrogens is 3. The second-order valence-electron chi connectivity index (χ2n) is 5.59. The Kier molecular flexibility index (Phi) is 6.66. The maximum atomic E-state index is 12.7. The number of nitrogens with zero attached hydrogens (tertiary/aromatic N) is 3. The second-order valence-corrected chi connectivity index (χ2v) is 5.59. The Morgan fingerprint density at radius 3 is 2.78 bits per heavy atom. The zero-order valence-electron chi connectivity index (χ0n) is 13.8. The second kappa shape index (κ2) is 8.98. The number of amides is 1. The van der Waals surface area contributed by atoms with E-state index in [1.165, 1.54) is 6.33 Å². The van der Waals surface area contributed by atoms with Crippen LogP contribution in [-0.2, 0) is 6.42 Å². The summed E-state index contributed by atoms with van der Waals surface area (Å²) in [5, 5.41) is 3.12. The van der Waals surface area contributed by atoms with Gasteiger partial charge in [-0.05, 0) is 24.5 Å². The summed E-state index contributed by atoms with van der Waals surface area (Å²) >= 11 is 0. The summed E-state index contributed by atoms with van der Waals surface area (Å²) in [7, 11) is 0. The summed E-state index contributed by atoms with van der Waals surface area (Å²) < 4.78 is 0. The molecule has 2 rings (SSSR count). The minimum atomic E-state index is -0.112. The number of carbonyl (C=O) groups is 1. The molecule has 0 radical (unpaired) electrons. The fourth-order valence-corrected chi connectivity index (χ4v) is 2.53. The van der Waals surface area contributed by atoms with Crippen molar-refractivity contribution in [1.82, 2.24) is 20.3 Å². The highest BCUT2D eigenvalue weighted by Gasteiger charge is 2.18. The van der Waals surface area contributed by atoms with Gasteiger partial charge in [-0.25, -0.2) is 9.97 Å². The molecule has 0 aliphatic rings. The summed E-state index contributed by atoms with van der Waals surface area (Å²) in [5.41, 5.74) is 2.41. The lowest BCUT2D eigenvalue weighted by atomic mass is 10.0. The molecule has 1 amide bonds. The van der Waals surface area contributed by atoms with Gasteiger partial charge in [0.05, 0.1) is 17.3 Å². The minimum absolute atomic E-state index is 0.0363. The molecule has 0 aliphatic heterocycles. The molecule has 0 saturated heterocycles. The van der Waals surface area contributed by atoms with Crippen LogP contribution in [0.5, 0.6) is 0 Å². The SMILES string of the molecule is CCCCC(NC(=O)c1cncnc1CCC)c1cccnc1. The van der Waals surface area contributed by atoms with Gasteiger partial charge in [0, 0.05) is 18.6 Å². The molecule has 1 N–H and O–H groups in total. The molecule has 0 aliphatic carbocycles. The third-order valence-electron chi connectivity index (χ3n) is 3.76. The van der Waals surface area contributed by atoms with E-state index in [1.807, 2.05) is 18.3 Å². The van der Waals surface area contributed by atoms with E-state index in [9.17, 15) is 4.79 Å². The van der Waals surface area contributed by atoms with Gasteiger partial charge in [-0.2, -0.15) is 0 Å². The van der Waals surface area contributed by atoms with Crippen LogP contribution >= 0.6 is 0 Å². The topological polar surface area (TPSA) is 67.8 Å². The molecular weight excluding hydrogens is 288 g/mol. The number of hydrogen-bond donors (Lipinski definition) is 1. The minimum Gasteiger partial charge on any atom is -0.345 e. The van der Waals surface area contributed by atoms with E-state index in [1.54, 1.807) is 12.4 Å². The maximum absolute atomic E-state index is 12.7. The van der Waals surface area contributed by atoms with Gasteiger partial charge in [0.15, 0.2) is 0 Å². The van der Waals surface area contributed by atoms with Crippen LogP contribution in [0.4, 0.5) is 0 Å². The molecule has 0 spiro atoms. The highest BCUT2D eigenvalue weighted by Crippen LogP contribution is 2.19. The van der Waals surface area contributed by atoms with Crippen molar-refractivity contribution < 1.29 is 4.79 Å². The molecule has 2 aromatic rings. The first-order valence-corrected chi connectivity index (χ1v) is 8.25. The normalized spacial score (nSPS) is 11.9. The van der Waals surface area contributed by atoms with Gasteiger partial charge < -0.3 is 5.32 Å². The van der Waals surface area contributed by atoms with E-state index in [-0.39, 0.29) is 11.9 Å². The fourth-order valence-electron chi connectivity index (χ4n) is 2.53. The van der Waals surface area contributed by atoms with Crippen LogP contribution in [0.2, 0.25) is 0 Å². The molecule has 5 heteroatoms. The first-order valence-electron chi connectivity index (χ1n) is 8.25. The number of hydrogen-bond acceptors (Lipinski definition) is 4. The van der Waals surface area contributed by atoms with E-state index in [0.717, 1.165) is 43.4 Å². The number of carbonyl (C=O) groups excluding carboxylic acids is 1. The van der Waals surface area contributed by atoms with E-state index in [2.05, 4.69) is 34.1 Å². The first-order chi connectivity index (χ1) is 11.3. The summed E-state index contributed by atoms with van der Waals surface area (Å²) in [6, 6.07) is 3.86. The van der Waals surface area contributed by atoms with Gasteiger partial charge in [0.25, 0.3) is 5.91 Å². The average Bonchev–Trinajstić information content (AvgIpc) is 2.60. The van der Waals surface area contributed by atoms with Gasteiger partial charge in [0.1, 0.15) is 6.33 Å². The van der Waals surface area contributed by atoms with Gasteiger partial charge in [-0.1, -0.05) is 39.2 Å². The predicted octanol–water partition coefficient (Wildman–Crippen LogP) is 3.49. The van der Waals surface area contributed by atoms with Crippen LogP contribution in [0, 0.1) is 0 Å². The lowest BCUT2D eigenvalue weighted by molar-refractivity contribution is 0.0932. The van der Waals surface area contributed by atoms with E-state index >= 15 is 0 Å². The molecule has 2 aromatic heterocycles. The standard InChI is InChI=1S/C18H24N4O/c1-3-5-9-16(14-8-6-10-19-11-14)22-18(23)15-12-20-13-21-17(15)7-4-2/h6,8,10-13,16H,3-5,7,9H2,1-2H3,(H,22,23). The quantitative estimate of drug-likeness (QED) is 0.810. The summed E-state index contributed by atoms with van der Waals surface area (Å²) in [5.74, 6) is -0.112. The summed E-state index contributed by atoms with van der Waals surface area (Å²) in [6.07, 6.45) is 11.4. The highest BCUT2D eigenvalue weighted by atomic mass is 16.1. The van der Waals surface area contributed by atoms with Crippen molar-refractivity contribution in [3.8, 4) is 0 Å². The molecule has 0 fully saturated rings. The number of rotatable bonds is 8. The van der Waals surface area contributed by atoms with Crippen molar-refractivity contribution in [2.75, 3.05) is 0 Å². The summed E-state index contributed by atoms with van der Waals surface area (Å²) in [4.78, 5) is 25.1. The van der Waals surface area contributed by atoms with Crippen LogP contribution < -0.4 is 5.32 Å². The van der Waals surface area contributed by atoms with Crippen molar-refractivity contribution >= 4 is 5.91 Å². The van der Waals surface area contributed by atoms with Gasteiger partial charge in [0.2, 0.25) is 0 Å². The molecule has 1 unspecified atom stereocenters. The largest absolute Gasteiger partial charge is 0.345 e. The zero-order chi connectivity index (χ0) is 16.5. The van der Waals surface area contributed by atoms with Gasteiger partial charge in [-0.15, -0.1) is 0 Å². The highest BCUT2D eigenvalue weighted by molar-refractivity contribution is 5.95. The zero-order valence-corrected chi connectivity index (χ0v) is 13.8. The molecule has 1 atom stereocenters. The first kappa shape index (κ1) is 17.1. The van der Waals surface area contributed by atoms with Crippen molar-refractivity contribution in [1.29, 1.82) is 0 Å². The Hall–Kier alpha value is -2.30. The van der Waals surface area contributed by atoms with Gasteiger partial charge >= 0.3 is 0 Å². The number of unbranched alkanes of at least 4 members (excludes halogenated alkanes) is 1. The molecule has 2 heterocycles. The Labute approximate surface area is 137 Å². The molecule has 0 saturated carbocycles. The van der Waals surface area contributed by atoms with Crippen LogP contribution in [0.15, 0.2) is 37.1 Å². The molecule has 0 bridgehead atoms. The van der Waals surface area contributed by atoms with Crippen molar-refractivity contribution in [3.63, 3.8) is 0 Å². The van der Waals surface area contributed by atoms with Crippen molar-refractivity contribution in [2.24, 2.45) is 0 Å². The van der Waals surface area contributed by atoms with E-state index in [0.29, 0.717) is 5.56 Å².